The number of phenols is 1. The van der Waals surface area contributed by atoms with Crippen molar-refractivity contribution in [2.24, 2.45) is 0 Å². The molecule has 5 rings (SSSR count). The highest BCUT2D eigenvalue weighted by Crippen LogP contribution is 2.36. The normalized spacial score (nSPS) is 21.0. The number of aromatic hydroxyl groups is 1. The fraction of sp³-hybridized carbons (Fsp3) is 0.559. The van der Waals surface area contributed by atoms with E-state index in [9.17, 15) is 24.6 Å². The molecule has 2 aromatic rings. The molecular weight excluding hydrogens is 574 g/mol. The molecular formula is C34H47N5O6. The maximum atomic E-state index is 13.6. The molecule has 45 heavy (non-hydrogen) atoms. The number of nitrogens with zero attached hydrogens (tertiary/aromatic N) is 3. The highest BCUT2D eigenvalue weighted by atomic mass is 16.6. The molecule has 244 valence electrons. The number of carbonyl (C=O) groups excluding carboxylic acids is 3. The first-order valence-electron chi connectivity index (χ1n) is 15.9. The van der Waals surface area contributed by atoms with Gasteiger partial charge in [0.25, 0.3) is 5.91 Å². The molecule has 0 unspecified atom stereocenters. The zero-order valence-electron chi connectivity index (χ0n) is 27.1. The Labute approximate surface area is 265 Å². The van der Waals surface area contributed by atoms with E-state index < -0.39 is 23.3 Å². The summed E-state index contributed by atoms with van der Waals surface area (Å²) in [5.74, 6) is -0.181. The predicted molar refractivity (Wildman–Crippen MR) is 173 cm³/mol. The van der Waals surface area contributed by atoms with Gasteiger partial charge < -0.3 is 35.4 Å². The van der Waals surface area contributed by atoms with Crippen LogP contribution in [0.15, 0.2) is 36.4 Å². The van der Waals surface area contributed by atoms with E-state index in [1.165, 1.54) is 11.3 Å². The van der Waals surface area contributed by atoms with E-state index in [1.807, 2.05) is 12.1 Å². The minimum atomic E-state index is -1.12. The van der Waals surface area contributed by atoms with Gasteiger partial charge in [-0.15, -0.1) is 0 Å². The van der Waals surface area contributed by atoms with E-state index in [0.717, 1.165) is 48.4 Å². The third-order valence-corrected chi connectivity index (χ3v) is 9.07. The lowest BCUT2D eigenvalue weighted by Gasteiger charge is -2.48. The van der Waals surface area contributed by atoms with Crippen LogP contribution in [0.25, 0.3) is 0 Å². The molecule has 0 spiro atoms. The number of nitrogens with one attached hydrogen (secondary N) is 2. The highest BCUT2D eigenvalue weighted by Gasteiger charge is 2.46. The van der Waals surface area contributed by atoms with Crippen LogP contribution in [-0.4, -0.2) is 93.9 Å². The maximum Gasteiger partial charge on any atom is 0.411 e. The van der Waals surface area contributed by atoms with Crippen molar-refractivity contribution in [3.63, 3.8) is 0 Å². The number of ether oxygens (including phenoxy) is 1. The number of anilines is 2. The van der Waals surface area contributed by atoms with Crippen LogP contribution in [0.1, 0.15) is 75.4 Å². The number of hydrogen-bond donors (Lipinski definition) is 4. The van der Waals surface area contributed by atoms with Gasteiger partial charge in [0.15, 0.2) is 0 Å². The third kappa shape index (κ3) is 7.46. The number of amides is 3. The Morgan fingerprint density at radius 3 is 2.42 bits per heavy atom. The highest BCUT2D eigenvalue weighted by molar-refractivity contribution is 5.96. The average Bonchev–Trinajstić information content (AvgIpc) is 2.96. The molecule has 2 saturated heterocycles. The van der Waals surface area contributed by atoms with Crippen LogP contribution in [0.5, 0.6) is 5.75 Å². The average molecular weight is 622 g/mol. The van der Waals surface area contributed by atoms with Gasteiger partial charge in [-0.05, 0) is 94.8 Å². The summed E-state index contributed by atoms with van der Waals surface area (Å²) >= 11 is 0. The Hall–Kier alpha value is -3.99. The lowest BCUT2D eigenvalue weighted by Crippen LogP contribution is -2.63. The number of fused-ring (bicyclic) bond motifs is 1. The zero-order valence-corrected chi connectivity index (χ0v) is 27.1. The number of carbonyl (C=O) groups is 3. The van der Waals surface area contributed by atoms with Crippen LogP contribution in [0.2, 0.25) is 0 Å². The van der Waals surface area contributed by atoms with Crippen LogP contribution in [0.4, 0.5) is 16.2 Å². The molecule has 3 aliphatic heterocycles. The number of piperidine rings is 1. The molecule has 0 saturated carbocycles. The summed E-state index contributed by atoms with van der Waals surface area (Å²) < 4.78 is 5.71. The topological polar surface area (TPSA) is 135 Å². The first kappa shape index (κ1) is 32.4. The molecule has 3 amide bonds. The second-order valence-electron chi connectivity index (χ2n) is 13.9. The number of aliphatic hydroxyl groups excluding tert-OH is 1. The molecule has 0 bridgehead atoms. The Morgan fingerprint density at radius 1 is 1.04 bits per heavy atom. The van der Waals surface area contributed by atoms with Gasteiger partial charge in [0, 0.05) is 56.6 Å². The summed E-state index contributed by atoms with van der Waals surface area (Å²) in [5.41, 5.74) is 2.09. The summed E-state index contributed by atoms with van der Waals surface area (Å²) in [5, 5.41) is 28.1. The Bertz CT molecular complexity index is 1430. The van der Waals surface area contributed by atoms with E-state index in [-0.39, 0.29) is 36.7 Å². The van der Waals surface area contributed by atoms with E-state index in [0.29, 0.717) is 25.1 Å². The van der Waals surface area contributed by atoms with Gasteiger partial charge in [0.05, 0.1) is 24.2 Å². The summed E-state index contributed by atoms with van der Waals surface area (Å²) in [6, 6.07) is 10.9. The minimum absolute atomic E-state index is 0.0484. The number of phenolic OH excluding ortho intramolecular Hbond substituents is 1. The second-order valence-corrected chi connectivity index (χ2v) is 13.9. The van der Waals surface area contributed by atoms with Crippen molar-refractivity contribution in [3.8, 4) is 5.75 Å². The van der Waals surface area contributed by atoms with E-state index >= 15 is 0 Å². The summed E-state index contributed by atoms with van der Waals surface area (Å²) in [6.07, 6.45) is 2.00. The van der Waals surface area contributed by atoms with Gasteiger partial charge in [0.2, 0.25) is 5.91 Å². The number of hydrogen-bond acceptors (Lipinski definition) is 8. The molecule has 3 aliphatic rings. The van der Waals surface area contributed by atoms with Crippen LogP contribution in [-0.2, 0) is 22.5 Å². The molecule has 0 radical (unpaired) electrons. The van der Waals surface area contributed by atoms with Crippen molar-refractivity contribution in [1.82, 2.24) is 15.1 Å². The monoisotopic (exact) mass is 621 g/mol. The molecule has 3 heterocycles. The molecule has 11 heteroatoms. The molecule has 2 aromatic carbocycles. The SMILES string of the molecule is CC(=O)N1CC(Nc2cc(C(=O)NC[C@@H](O)[C@@]3(C)Cc4ccc(O)cc4CN3C(=O)OC(C)(C)C)cc(N3CCCCC3)c2)C1. The van der Waals surface area contributed by atoms with E-state index in [1.54, 1.807) is 57.7 Å². The van der Waals surface area contributed by atoms with E-state index in [2.05, 4.69) is 21.6 Å². The van der Waals surface area contributed by atoms with Crippen LogP contribution in [0.3, 0.4) is 0 Å². The quantitative estimate of drug-likeness (QED) is 0.366. The zero-order chi connectivity index (χ0) is 32.5. The van der Waals surface area contributed by atoms with Crippen molar-refractivity contribution in [3.05, 3.63) is 53.1 Å². The molecule has 0 aliphatic carbocycles. The Kier molecular flexibility index (Phi) is 9.21. The Balaban J connectivity index is 1.34. The summed E-state index contributed by atoms with van der Waals surface area (Å²) in [7, 11) is 0. The van der Waals surface area contributed by atoms with Crippen molar-refractivity contribution in [2.45, 2.75) is 90.1 Å². The van der Waals surface area contributed by atoms with Gasteiger partial charge in [-0.25, -0.2) is 4.79 Å². The van der Waals surface area contributed by atoms with Crippen molar-refractivity contribution in [1.29, 1.82) is 0 Å². The first-order valence-corrected chi connectivity index (χ1v) is 15.9. The molecule has 11 nitrogen and oxygen atoms in total. The van der Waals surface area contributed by atoms with Crippen molar-refractivity contribution < 1.29 is 29.3 Å². The first-order chi connectivity index (χ1) is 21.2. The number of aliphatic hydroxyl groups is 1. The summed E-state index contributed by atoms with van der Waals surface area (Å²) in [6.45, 7) is 11.9. The smallest absolute Gasteiger partial charge is 0.411 e. The van der Waals surface area contributed by atoms with Crippen LogP contribution in [0, 0.1) is 0 Å². The molecule has 4 N–H and O–H groups in total. The number of rotatable bonds is 7. The predicted octanol–water partition coefficient (Wildman–Crippen LogP) is 3.87. The van der Waals surface area contributed by atoms with Gasteiger partial charge >= 0.3 is 6.09 Å². The second kappa shape index (κ2) is 12.8. The molecule has 2 fully saturated rings. The standard InChI is InChI=1S/C34H47N5O6/c1-22(40)38-20-27(21-38)36-26-13-24(14-28(16-26)37-11-7-6-8-12-37)31(43)35-18-30(42)34(5)17-23-9-10-29(41)15-25(23)19-39(34)32(44)45-33(2,3)4/h9-10,13-16,27,30,36,41-42H,6-8,11-12,17-21H2,1-5H3,(H,35,43)/t30-,34-/m1/s1. The minimum Gasteiger partial charge on any atom is -0.508 e. The fourth-order valence-electron chi connectivity index (χ4n) is 6.39. The van der Waals surface area contributed by atoms with Crippen molar-refractivity contribution >= 4 is 29.3 Å². The number of likely N-dealkylation sites (tertiary alicyclic amines) is 1. The lowest BCUT2D eigenvalue weighted by atomic mass is 9.80. The largest absolute Gasteiger partial charge is 0.508 e. The van der Waals surface area contributed by atoms with Gasteiger partial charge in [-0.2, -0.15) is 0 Å². The van der Waals surface area contributed by atoms with Crippen LogP contribution < -0.4 is 15.5 Å². The van der Waals surface area contributed by atoms with Gasteiger partial charge in [-0.3, -0.25) is 14.5 Å². The molecule has 2 atom stereocenters. The Morgan fingerprint density at radius 2 is 1.76 bits per heavy atom. The summed E-state index contributed by atoms with van der Waals surface area (Å²) in [4.78, 5) is 44.2. The van der Waals surface area contributed by atoms with Crippen LogP contribution >= 0.6 is 0 Å². The molecule has 0 aromatic heterocycles. The number of benzene rings is 2. The third-order valence-electron chi connectivity index (χ3n) is 9.07. The van der Waals surface area contributed by atoms with Crippen molar-refractivity contribution in [2.75, 3.05) is 42.9 Å². The van der Waals surface area contributed by atoms with Gasteiger partial charge in [-0.1, -0.05) is 6.07 Å². The van der Waals surface area contributed by atoms with Gasteiger partial charge in [0.1, 0.15) is 11.4 Å². The fourth-order valence-corrected chi connectivity index (χ4v) is 6.39. The lowest BCUT2D eigenvalue weighted by molar-refractivity contribution is -0.132. The maximum absolute atomic E-state index is 13.6. The van der Waals surface area contributed by atoms with E-state index in [4.69, 9.17) is 4.74 Å².